The van der Waals surface area contributed by atoms with Gasteiger partial charge < -0.3 is 24.8 Å². The van der Waals surface area contributed by atoms with Crippen LogP contribution in [0.2, 0.25) is 0 Å². The van der Waals surface area contributed by atoms with Crippen molar-refractivity contribution in [1.82, 2.24) is 0 Å². The van der Waals surface area contributed by atoms with E-state index in [1.165, 1.54) is 18.2 Å². The standard InChI is InChI=1S/C21H23N3O6/c22-24-23-9-3-1-2-4-10-29-21-19(28)18-16(27)11-15(26)12-17(18)30-20(21)13-5-7-14(25)8-6-13/h5-8,11-12,20-21,25-27H,1-4,9-10H2/t20-,21+/m1/s1. The van der Waals surface area contributed by atoms with E-state index in [9.17, 15) is 20.1 Å². The van der Waals surface area contributed by atoms with Gasteiger partial charge in [-0.3, -0.25) is 4.79 Å². The molecule has 2 aromatic rings. The van der Waals surface area contributed by atoms with Crippen LogP contribution in [0.3, 0.4) is 0 Å². The Morgan fingerprint density at radius 3 is 2.50 bits per heavy atom. The van der Waals surface area contributed by atoms with Gasteiger partial charge in [0.25, 0.3) is 0 Å². The van der Waals surface area contributed by atoms with E-state index in [4.69, 9.17) is 15.0 Å². The van der Waals surface area contributed by atoms with Crippen LogP contribution < -0.4 is 4.74 Å². The number of nitrogens with zero attached hydrogens (tertiary/aromatic N) is 3. The number of carbonyl (C=O) groups excluding carboxylic acids is 1. The number of rotatable bonds is 9. The van der Waals surface area contributed by atoms with Crippen molar-refractivity contribution >= 4 is 5.78 Å². The highest BCUT2D eigenvalue weighted by atomic mass is 16.5. The van der Waals surface area contributed by atoms with Crippen molar-refractivity contribution in [3.8, 4) is 23.0 Å². The first-order chi connectivity index (χ1) is 14.5. The molecule has 0 fully saturated rings. The van der Waals surface area contributed by atoms with Gasteiger partial charge in [-0.25, -0.2) is 0 Å². The molecule has 3 N–H and O–H groups in total. The lowest BCUT2D eigenvalue weighted by molar-refractivity contribution is -0.0232. The van der Waals surface area contributed by atoms with Crippen LogP contribution in [0.5, 0.6) is 23.0 Å². The summed E-state index contributed by atoms with van der Waals surface area (Å²) in [5.41, 5.74) is 8.86. The Morgan fingerprint density at radius 1 is 1.03 bits per heavy atom. The zero-order chi connectivity index (χ0) is 21.5. The van der Waals surface area contributed by atoms with Crippen LogP contribution in [0.1, 0.15) is 47.7 Å². The largest absolute Gasteiger partial charge is 0.508 e. The molecule has 1 aliphatic rings. The van der Waals surface area contributed by atoms with E-state index >= 15 is 0 Å². The van der Waals surface area contributed by atoms with Crippen molar-refractivity contribution in [2.45, 2.75) is 37.9 Å². The third kappa shape index (κ3) is 4.94. The summed E-state index contributed by atoms with van der Waals surface area (Å²) in [6, 6.07) is 8.60. The summed E-state index contributed by atoms with van der Waals surface area (Å²) >= 11 is 0. The van der Waals surface area contributed by atoms with Crippen LogP contribution in [-0.4, -0.2) is 40.4 Å². The molecular weight excluding hydrogens is 390 g/mol. The summed E-state index contributed by atoms with van der Waals surface area (Å²) in [5, 5.41) is 32.9. The van der Waals surface area contributed by atoms with E-state index in [0.717, 1.165) is 25.3 Å². The summed E-state index contributed by atoms with van der Waals surface area (Å²) in [6.07, 6.45) is 1.44. The minimum absolute atomic E-state index is 0.0257. The van der Waals surface area contributed by atoms with E-state index < -0.39 is 18.0 Å². The highest BCUT2D eigenvalue weighted by Crippen LogP contribution is 2.42. The van der Waals surface area contributed by atoms with Gasteiger partial charge in [0.1, 0.15) is 28.6 Å². The molecule has 0 saturated carbocycles. The Hall–Kier alpha value is -3.42. The van der Waals surface area contributed by atoms with E-state index in [0.29, 0.717) is 25.1 Å². The number of ether oxygens (including phenoxy) is 2. The lowest BCUT2D eigenvalue weighted by Crippen LogP contribution is -2.38. The Morgan fingerprint density at radius 2 is 1.77 bits per heavy atom. The number of fused-ring (bicyclic) bond motifs is 1. The van der Waals surface area contributed by atoms with E-state index in [1.54, 1.807) is 12.1 Å². The van der Waals surface area contributed by atoms with E-state index in [2.05, 4.69) is 10.0 Å². The predicted molar refractivity (Wildman–Crippen MR) is 108 cm³/mol. The van der Waals surface area contributed by atoms with Gasteiger partial charge in [0.15, 0.2) is 12.2 Å². The first-order valence-electron chi connectivity index (χ1n) is 9.69. The van der Waals surface area contributed by atoms with Crippen molar-refractivity contribution in [2.24, 2.45) is 5.11 Å². The van der Waals surface area contributed by atoms with Crippen molar-refractivity contribution in [3.63, 3.8) is 0 Å². The Labute approximate surface area is 173 Å². The third-order valence-corrected chi connectivity index (χ3v) is 4.83. The fraction of sp³-hybridized carbons (Fsp3) is 0.381. The average Bonchev–Trinajstić information content (AvgIpc) is 2.71. The lowest BCUT2D eigenvalue weighted by atomic mass is 9.92. The first-order valence-corrected chi connectivity index (χ1v) is 9.69. The van der Waals surface area contributed by atoms with Crippen molar-refractivity contribution in [3.05, 3.63) is 58.0 Å². The van der Waals surface area contributed by atoms with Gasteiger partial charge in [0, 0.05) is 30.2 Å². The van der Waals surface area contributed by atoms with Crippen LogP contribution in [-0.2, 0) is 4.74 Å². The van der Waals surface area contributed by atoms with Crippen LogP contribution in [0, 0.1) is 0 Å². The summed E-state index contributed by atoms with van der Waals surface area (Å²) in [6.45, 7) is 0.766. The lowest BCUT2D eigenvalue weighted by Gasteiger charge is -2.33. The van der Waals surface area contributed by atoms with E-state index in [-0.39, 0.29) is 28.6 Å². The topological polar surface area (TPSA) is 145 Å². The summed E-state index contributed by atoms with van der Waals surface area (Å²) in [4.78, 5) is 15.8. The zero-order valence-corrected chi connectivity index (χ0v) is 16.3. The van der Waals surface area contributed by atoms with Gasteiger partial charge in [0.05, 0.1) is 0 Å². The van der Waals surface area contributed by atoms with Crippen molar-refractivity contribution in [1.29, 1.82) is 0 Å². The highest BCUT2D eigenvalue weighted by molar-refractivity contribution is 6.05. The minimum Gasteiger partial charge on any atom is -0.508 e. The van der Waals surface area contributed by atoms with Crippen molar-refractivity contribution in [2.75, 3.05) is 13.2 Å². The Bertz CT molecular complexity index is 941. The smallest absolute Gasteiger partial charge is 0.203 e. The average molecular weight is 413 g/mol. The fourth-order valence-corrected chi connectivity index (χ4v) is 3.37. The van der Waals surface area contributed by atoms with Crippen LogP contribution in [0.25, 0.3) is 10.4 Å². The summed E-state index contributed by atoms with van der Waals surface area (Å²) in [5.74, 6) is -0.868. The maximum absolute atomic E-state index is 13.1. The molecule has 2 aromatic carbocycles. The molecule has 1 heterocycles. The van der Waals surface area contributed by atoms with Crippen LogP contribution in [0.4, 0.5) is 0 Å². The molecule has 2 atom stereocenters. The molecule has 0 saturated heterocycles. The second-order valence-corrected chi connectivity index (χ2v) is 6.99. The van der Waals surface area contributed by atoms with Crippen LogP contribution >= 0.6 is 0 Å². The number of azide groups is 1. The number of unbranched alkanes of at least 4 members (excludes halogenated alkanes) is 3. The number of Topliss-reactive ketones (excluding diaryl/α,β-unsaturated/α-hetero) is 1. The van der Waals surface area contributed by atoms with Gasteiger partial charge >= 0.3 is 0 Å². The van der Waals surface area contributed by atoms with Gasteiger partial charge in [0.2, 0.25) is 5.78 Å². The normalized spacial score (nSPS) is 17.7. The maximum Gasteiger partial charge on any atom is 0.203 e. The number of phenolic OH excluding ortho intramolecular Hbond substituents is 3. The quantitative estimate of drug-likeness (QED) is 0.241. The number of hydrogen-bond acceptors (Lipinski definition) is 7. The van der Waals surface area contributed by atoms with E-state index in [1.807, 2.05) is 0 Å². The third-order valence-electron chi connectivity index (χ3n) is 4.83. The molecule has 0 aromatic heterocycles. The van der Waals surface area contributed by atoms with Gasteiger partial charge in [-0.2, -0.15) is 0 Å². The maximum atomic E-state index is 13.1. The number of benzene rings is 2. The summed E-state index contributed by atoms with van der Waals surface area (Å²) in [7, 11) is 0. The molecule has 30 heavy (non-hydrogen) atoms. The molecule has 0 aliphatic carbocycles. The predicted octanol–water partition coefficient (Wildman–Crippen LogP) is 4.38. The number of ketones is 1. The second kappa shape index (κ2) is 9.87. The molecule has 3 rings (SSSR count). The Balaban J connectivity index is 1.74. The SMILES string of the molecule is [N-]=[N+]=NCCCCCCO[C@H]1C(=O)c2c(O)cc(O)cc2O[C@@H]1c1ccc(O)cc1. The fourth-order valence-electron chi connectivity index (χ4n) is 3.37. The first kappa shape index (κ1) is 21.3. The molecule has 0 bridgehead atoms. The van der Waals surface area contributed by atoms with Gasteiger partial charge in [-0.15, -0.1) is 0 Å². The molecule has 158 valence electrons. The second-order valence-electron chi connectivity index (χ2n) is 6.99. The number of hydrogen-bond donors (Lipinski definition) is 3. The minimum atomic E-state index is -0.985. The molecule has 0 amide bonds. The molecule has 9 heteroatoms. The Kier molecular flexibility index (Phi) is 7.00. The monoisotopic (exact) mass is 413 g/mol. The van der Waals surface area contributed by atoms with Crippen molar-refractivity contribution < 1.29 is 29.6 Å². The van der Waals surface area contributed by atoms with Gasteiger partial charge in [-0.1, -0.05) is 30.1 Å². The molecule has 0 spiro atoms. The number of aromatic hydroxyl groups is 3. The molecule has 1 aliphatic heterocycles. The molecular formula is C21H23N3O6. The van der Waals surface area contributed by atoms with Gasteiger partial charge in [-0.05, 0) is 36.1 Å². The molecule has 0 radical (unpaired) electrons. The number of phenols is 3. The summed E-state index contributed by atoms with van der Waals surface area (Å²) < 4.78 is 11.8. The molecule has 0 unspecified atom stereocenters. The number of carbonyl (C=O) groups is 1. The zero-order valence-electron chi connectivity index (χ0n) is 16.3. The van der Waals surface area contributed by atoms with Crippen LogP contribution in [0.15, 0.2) is 41.5 Å². The molecule has 9 nitrogen and oxygen atoms in total. The highest BCUT2D eigenvalue weighted by Gasteiger charge is 2.41.